The maximum atomic E-state index is 10.6. The number of carboxylic acids is 1. The molecule has 1 aromatic rings. The molecule has 0 saturated heterocycles. The predicted molar refractivity (Wildman–Crippen MR) is 47.3 cm³/mol. The molecular weight excluding hydrogens is 168 g/mol. The van der Waals surface area contributed by atoms with Gasteiger partial charge in [-0.1, -0.05) is 6.58 Å². The Balaban J connectivity index is 2.42. The first-order chi connectivity index (χ1) is 6.20. The van der Waals surface area contributed by atoms with Gasteiger partial charge in [-0.25, -0.2) is 4.79 Å². The minimum atomic E-state index is -0.999. The second-order valence-corrected chi connectivity index (χ2v) is 3.17. The Kier molecular flexibility index (Phi) is 1.69. The highest BCUT2D eigenvalue weighted by molar-refractivity contribution is 6.14. The Bertz CT molecular complexity index is 379. The lowest BCUT2D eigenvalue weighted by molar-refractivity contribution is -0.130. The van der Waals surface area contributed by atoms with E-state index in [0.29, 0.717) is 5.69 Å². The quantitative estimate of drug-likeness (QED) is 0.664. The average Bonchev–Trinajstić information content (AvgIpc) is 2.61. The summed E-state index contributed by atoms with van der Waals surface area (Å²) in [6, 6.07) is 0. The molecule has 2 rings (SSSR count). The van der Waals surface area contributed by atoms with E-state index in [1.807, 2.05) is 0 Å². The van der Waals surface area contributed by atoms with E-state index < -0.39 is 5.97 Å². The molecular formula is C9H10N2O2. The van der Waals surface area contributed by atoms with Crippen molar-refractivity contribution in [1.29, 1.82) is 0 Å². The van der Waals surface area contributed by atoms with Gasteiger partial charge in [-0.05, 0) is 19.3 Å². The number of carbonyl (C=O) groups is 1. The molecule has 0 aromatic carbocycles. The van der Waals surface area contributed by atoms with Crippen LogP contribution in [0.3, 0.4) is 0 Å². The summed E-state index contributed by atoms with van der Waals surface area (Å²) in [4.78, 5) is 10.6. The van der Waals surface area contributed by atoms with Gasteiger partial charge in [0.25, 0.3) is 0 Å². The fraction of sp³-hybridized carbons (Fsp3) is 0.333. The van der Waals surface area contributed by atoms with Gasteiger partial charge in [0, 0.05) is 11.3 Å². The van der Waals surface area contributed by atoms with Crippen molar-refractivity contribution in [3.63, 3.8) is 0 Å². The highest BCUT2D eigenvalue weighted by Gasteiger charge is 2.22. The molecule has 0 fully saturated rings. The third-order valence-electron chi connectivity index (χ3n) is 2.35. The first-order valence-corrected chi connectivity index (χ1v) is 4.19. The molecule has 4 heteroatoms. The van der Waals surface area contributed by atoms with Crippen LogP contribution in [0.1, 0.15) is 23.4 Å². The summed E-state index contributed by atoms with van der Waals surface area (Å²) in [5.41, 5.74) is 2.71. The molecule has 13 heavy (non-hydrogen) atoms. The Hall–Kier alpha value is -1.58. The number of hydrogen-bond acceptors (Lipinski definition) is 2. The van der Waals surface area contributed by atoms with Crippen LogP contribution in [0.4, 0.5) is 0 Å². The lowest BCUT2D eigenvalue weighted by atomic mass is 10.1. The van der Waals surface area contributed by atoms with E-state index in [0.717, 1.165) is 30.5 Å². The van der Waals surface area contributed by atoms with Gasteiger partial charge in [-0.15, -0.1) is 0 Å². The van der Waals surface area contributed by atoms with Gasteiger partial charge in [0.05, 0.1) is 5.57 Å². The number of aryl methyl sites for hydroxylation is 1. The number of carboxylic acid groups (broad SMARTS) is 1. The third kappa shape index (κ3) is 1.14. The zero-order valence-electron chi connectivity index (χ0n) is 7.13. The minimum absolute atomic E-state index is 0.0828. The van der Waals surface area contributed by atoms with Crippen molar-refractivity contribution in [2.24, 2.45) is 0 Å². The first-order valence-electron chi connectivity index (χ1n) is 4.19. The van der Waals surface area contributed by atoms with Crippen molar-refractivity contribution in [3.05, 3.63) is 23.5 Å². The van der Waals surface area contributed by atoms with Crippen LogP contribution in [-0.2, 0) is 17.6 Å². The van der Waals surface area contributed by atoms with E-state index >= 15 is 0 Å². The molecule has 0 amide bonds. The zero-order chi connectivity index (χ0) is 9.42. The van der Waals surface area contributed by atoms with Crippen molar-refractivity contribution >= 4 is 11.5 Å². The Morgan fingerprint density at radius 3 is 3.00 bits per heavy atom. The molecule has 4 nitrogen and oxygen atoms in total. The molecule has 0 aliphatic heterocycles. The second kappa shape index (κ2) is 2.73. The standard InChI is InChI=1S/C9H10N2O2/c1-5(9(12)13)8-6-3-2-4-7(6)10-11-8/h1-4H2,(H,10,11)(H,12,13). The summed E-state index contributed by atoms with van der Waals surface area (Å²) in [5.74, 6) is -0.999. The van der Waals surface area contributed by atoms with Crippen LogP contribution in [0.25, 0.3) is 5.57 Å². The van der Waals surface area contributed by atoms with Crippen LogP contribution in [0, 0.1) is 0 Å². The molecule has 0 bridgehead atoms. The van der Waals surface area contributed by atoms with E-state index in [9.17, 15) is 4.79 Å². The van der Waals surface area contributed by atoms with Gasteiger partial charge in [0.15, 0.2) is 0 Å². The number of aliphatic carboxylic acids is 1. The fourth-order valence-corrected chi connectivity index (χ4v) is 1.67. The molecule has 0 unspecified atom stereocenters. The summed E-state index contributed by atoms with van der Waals surface area (Å²) in [7, 11) is 0. The highest BCUT2D eigenvalue weighted by atomic mass is 16.4. The van der Waals surface area contributed by atoms with Crippen LogP contribution < -0.4 is 0 Å². The molecule has 1 aromatic heterocycles. The molecule has 68 valence electrons. The molecule has 0 atom stereocenters. The van der Waals surface area contributed by atoms with Gasteiger partial charge in [0.1, 0.15) is 5.69 Å². The average molecular weight is 178 g/mol. The topological polar surface area (TPSA) is 66.0 Å². The summed E-state index contributed by atoms with van der Waals surface area (Å²) < 4.78 is 0. The monoisotopic (exact) mass is 178 g/mol. The minimum Gasteiger partial charge on any atom is -0.478 e. The Labute approximate surface area is 75.3 Å². The van der Waals surface area contributed by atoms with Crippen molar-refractivity contribution in [2.45, 2.75) is 19.3 Å². The largest absolute Gasteiger partial charge is 0.478 e. The predicted octanol–water partition coefficient (Wildman–Crippen LogP) is 0.996. The SMILES string of the molecule is C=C(C(=O)O)c1n[nH]c2c1CCC2. The van der Waals surface area contributed by atoms with Gasteiger partial charge in [-0.2, -0.15) is 5.10 Å². The molecule has 1 aliphatic rings. The summed E-state index contributed by atoms with van der Waals surface area (Å²) >= 11 is 0. The fourth-order valence-electron chi connectivity index (χ4n) is 1.67. The Morgan fingerprint density at radius 1 is 1.54 bits per heavy atom. The maximum absolute atomic E-state index is 10.6. The van der Waals surface area contributed by atoms with Crippen LogP contribution >= 0.6 is 0 Å². The number of nitrogens with zero attached hydrogens (tertiary/aromatic N) is 1. The Morgan fingerprint density at radius 2 is 2.31 bits per heavy atom. The number of aromatic nitrogens is 2. The lowest BCUT2D eigenvalue weighted by Gasteiger charge is -1.96. The van der Waals surface area contributed by atoms with Crippen molar-refractivity contribution in [2.75, 3.05) is 0 Å². The highest BCUT2D eigenvalue weighted by Crippen LogP contribution is 2.26. The van der Waals surface area contributed by atoms with E-state index in [-0.39, 0.29) is 5.57 Å². The number of hydrogen-bond donors (Lipinski definition) is 2. The molecule has 0 spiro atoms. The molecule has 0 radical (unpaired) electrons. The number of rotatable bonds is 2. The van der Waals surface area contributed by atoms with Crippen LogP contribution in [0.5, 0.6) is 0 Å². The van der Waals surface area contributed by atoms with E-state index in [4.69, 9.17) is 5.11 Å². The van der Waals surface area contributed by atoms with Gasteiger partial charge in [0.2, 0.25) is 0 Å². The molecule has 1 heterocycles. The van der Waals surface area contributed by atoms with Gasteiger partial charge >= 0.3 is 5.97 Å². The van der Waals surface area contributed by atoms with Crippen molar-refractivity contribution in [3.8, 4) is 0 Å². The lowest BCUT2D eigenvalue weighted by Crippen LogP contribution is -2.00. The van der Waals surface area contributed by atoms with Crippen LogP contribution in [0.15, 0.2) is 6.58 Å². The molecule has 0 saturated carbocycles. The normalized spacial score (nSPS) is 14.2. The zero-order valence-corrected chi connectivity index (χ0v) is 7.13. The van der Waals surface area contributed by atoms with Gasteiger partial charge < -0.3 is 5.11 Å². The van der Waals surface area contributed by atoms with E-state index in [2.05, 4.69) is 16.8 Å². The number of H-pyrrole nitrogens is 1. The first kappa shape index (κ1) is 8.04. The van der Waals surface area contributed by atoms with E-state index in [1.54, 1.807) is 0 Å². The third-order valence-corrected chi connectivity index (χ3v) is 2.35. The number of aromatic amines is 1. The molecule has 2 N–H and O–H groups in total. The van der Waals surface area contributed by atoms with Crippen molar-refractivity contribution in [1.82, 2.24) is 10.2 Å². The van der Waals surface area contributed by atoms with Gasteiger partial charge in [-0.3, -0.25) is 5.10 Å². The van der Waals surface area contributed by atoms with Crippen molar-refractivity contribution < 1.29 is 9.90 Å². The second-order valence-electron chi connectivity index (χ2n) is 3.17. The summed E-state index contributed by atoms with van der Waals surface area (Å²) in [6.07, 6.45) is 2.95. The number of fused-ring (bicyclic) bond motifs is 1. The number of nitrogens with one attached hydrogen (secondary N) is 1. The van der Waals surface area contributed by atoms with Crippen LogP contribution in [0.2, 0.25) is 0 Å². The summed E-state index contributed by atoms with van der Waals surface area (Å²) in [5, 5.41) is 15.5. The molecule has 1 aliphatic carbocycles. The van der Waals surface area contributed by atoms with E-state index in [1.165, 1.54) is 0 Å². The summed E-state index contributed by atoms with van der Waals surface area (Å²) in [6.45, 7) is 3.49. The smallest absolute Gasteiger partial charge is 0.337 e. The van der Waals surface area contributed by atoms with Crippen LogP contribution in [-0.4, -0.2) is 21.3 Å². The maximum Gasteiger partial charge on any atom is 0.337 e.